The molecule has 0 radical (unpaired) electrons. The molecule has 1 aliphatic carbocycles. The van der Waals surface area contributed by atoms with Crippen molar-refractivity contribution in [3.63, 3.8) is 0 Å². The van der Waals surface area contributed by atoms with Crippen molar-refractivity contribution in [2.24, 2.45) is 5.92 Å². The van der Waals surface area contributed by atoms with Crippen LogP contribution in [0.15, 0.2) is 24.3 Å². The Morgan fingerprint density at radius 2 is 1.62 bits per heavy atom. The van der Waals surface area contributed by atoms with Gasteiger partial charge in [-0.15, -0.1) is 0 Å². The maximum atomic E-state index is 12.6. The number of hydrogen-bond acceptors (Lipinski definition) is 3. The Labute approximate surface area is 144 Å². The topological polar surface area (TPSA) is 52.7 Å². The molecule has 1 heterocycles. The zero-order chi connectivity index (χ0) is 17.1. The lowest BCUT2D eigenvalue weighted by Crippen LogP contribution is -2.45. The molecule has 0 bridgehead atoms. The second kappa shape index (κ2) is 7.34. The first-order valence-electron chi connectivity index (χ1n) is 8.89. The zero-order valence-corrected chi connectivity index (χ0v) is 14.6. The van der Waals surface area contributed by atoms with Crippen LogP contribution in [0.3, 0.4) is 0 Å². The maximum absolute atomic E-state index is 12.6. The summed E-state index contributed by atoms with van der Waals surface area (Å²) in [5.41, 5.74) is 1.27. The Hall–Kier alpha value is -1.88. The third kappa shape index (κ3) is 4.15. The van der Waals surface area contributed by atoms with Crippen molar-refractivity contribution >= 4 is 11.8 Å². The molecule has 1 aliphatic heterocycles. The molecule has 1 aromatic carbocycles. The van der Waals surface area contributed by atoms with Gasteiger partial charge in [0.1, 0.15) is 0 Å². The van der Waals surface area contributed by atoms with E-state index in [1.807, 2.05) is 4.90 Å². The molecule has 1 aromatic rings. The van der Waals surface area contributed by atoms with E-state index < -0.39 is 0 Å². The Bertz CT molecular complexity index is 585. The van der Waals surface area contributed by atoms with Crippen molar-refractivity contribution in [1.82, 2.24) is 15.1 Å². The molecule has 1 saturated heterocycles. The number of rotatable bonds is 5. The Kier molecular flexibility index (Phi) is 5.19. The summed E-state index contributed by atoms with van der Waals surface area (Å²) in [6.07, 6.45) is 4.79. The fourth-order valence-electron chi connectivity index (χ4n) is 3.14. The van der Waals surface area contributed by atoms with E-state index >= 15 is 0 Å². The molecule has 0 atom stereocenters. The molecule has 1 saturated carbocycles. The van der Waals surface area contributed by atoms with Gasteiger partial charge < -0.3 is 15.1 Å². The lowest BCUT2D eigenvalue weighted by atomic mass is 10.0. The smallest absolute Gasteiger partial charge is 0.253 e. The molecule has 2 aliphatic rings. The van der Waals surface area contributed by atoms with E-state index in [4.69, 9.17) is 0 Å². The van der Waals surface area contributed by atoms with E-state index in [0.29, 0.717) is 17.2 Å². The second-order valence-corrected chi connectivity index (χ2v) is 7.20. The zero-order valence-electron chi connectivity index (χ0n) is 14.6. The van der Waals surface area contributed by atoms with Crippen molar-refractivity contribution < 1.29 is 9.59 Å². The van der Waals surface area contributed by atoms with E-state index in [2.05, 4.69) is 5.32 Å². The molecule has 1 N–H and O–H groups in total. The number of carbonyl (C=O) groups is 2. The highest BCUT2D eigenvalue weighted by Gasteiger charge is 2.26. The third-order valence-electron chi connectivity index (χ3n) is 4.96. The molecule has 24 heavy (non-hydrogen) atoms. The lowest BCUT2D eigenvalue weighted by molar-refractivity contribution is 0.0704. The molecule has 5 nitrogen and oxygen atoms in total. The summed E-state index contributed by atoms with van der Waals surface area (Å²) >= 11 is 0. The molecule has 2 fully saturated rings. The minimum atomic E-state index is -0.0449. The van der Waals surface area contributed by atoms with Crippen molar-refractivity contribution in [3.05, 3.63) is 35.4 Å². The first kappa shape index (κ1) is 17.0. The molecular weight excluding hydrogens is 302 g/mol. The summed E-state index contributed by atoms with van der Waals surface area (Å²) < 4.78 is 0. The highest BCUT2D eigenvalue weighted by Crippen LogP contribution is 2.28. The molecular formula is C19H27N3O2. The predicted molar refractivity (Wildman–Crippen MR) is 94.1 cm³/mol. The fourth-order valence-corrected chi connectivity index (χ4v) is 3.14. The van der Waals surface area contributed by atoms with E-state index in [1.54, 1.807) is 38.4 Å². The molecule has 2 amide bonds. The SMILES string of the molecule is CN(C)C(=O)c1ccc(C(=O)N2CCC(NCC3CC3)CC2)cc1. The first-order valence-corrected chi connectivity index (χ1v) is 8.89. The van der Waals surface area contributed by atoms with Gasteiger partial charge in [0.15, 0.2) is 0 Å². The van der Waals surface area contributed by atoms with Crippen LogP contribution < -0.4 is 5.32 Å². The summed E-state index contributed by atoms with van der Waals surface area (Å²) in [5, 5.41) is 3.63. The van der Waals surface area contributed by atoms with Gasteiger partial charge in [0, 0.05) is 44.4 Å². The van der Waals surface area contributed by atoms with Crippen LogP contribution in [-0.2, 0) is 0 Å². The maximum Gasteiger partial charge on any atom is 0.253 e. The van der Waals surface area contributed by atoms with E-state index in [1.165, 1.54) is 17.7 Å². The van der Waals surface area contributed by atoms with Crippen LogP contribution in [0.5, 0.6) is 0 Å². The fraction of sp³-hybridized carbons (Fsp3) is 0.579. The largest absolute Gasteiger partial charge is 0.345 e. The van der Waals surface area contributed by atoms with Crippen molar-refractivity contribution in [1.29, 1.82) is 0 Å². The van der Waals surface area contributed by atoms with Crippen LogP contribution in [-0.4, -0.2) is 61.4 Å². The number of benzene rings is 1. The average molecular weight is 329 g/mol. The van der Waals surface area contributed by atoms with E-state index in [9.17, 15) is 9.59 Å². The van der Waals surface area contributed by atoms with E-state index in [-0.39, 0.29) is 11.8 Å². The number of amides is 2. The minimum absolute atomic E-state index is 0.0449. The third-order valence-corrected chi connectivity index (χ3v) is 4.96. The Morgan fingerprint density at radius 1 is 1.04 bits per heavy atom. The molecule has 5 heteroatoms. The summed E-state index contributed by atoms with van der Waals surface area (Å²) in [4.78, 5) is 28.0. The predicted octanol–water partition coefficient (Wildman–Crippen LogP) is 1.99. The van der Waals surface area contributed by atoms with E-state index in [0.717, 1.165) is 38.4 Å². The Morgan fingerprint density at radius 3 is 2.17 bits per heavy atom. The number of carbonyl (C=O) groups excluding carboxylic acids is 2. The van der Waals surface area contributed by atoms with Crippen molar-refractivity contribution in [2.75, 3.05) is 33.7 Å². The molecule has 130 valence electrons. The van der Waals surface area contributed by atoms with Gasteiger partial charge in [-0.05, 0) is 62.4 Å². The van der Waals surface area contributed by atoms with Gasteiger partial charge >= 0.3 is 0 Å². The highest BCUT2D eigenvalue weighted by molar-refractivity contribution is 5.97. The van der Waals surface area contributed by atoms with Crippen LogP contribution in [0, 0.1) is 5.92 Å². The summed E-state index contributed by atoms with van der Waals surface area (Å²) in [5.74, 6) is 0.920. The Balaban J connectivity index is 1.52. The van der Waals surface area contributed by atoms with Crippen LogP contribution >= 0.6 is 0 Å². The van der Waals surface area contributed by atoms with Crippen molar-refractivity contribution in [3.8, 4) is 0 Å². The van der Waals surface area contributed by atoms with Gasteiger partial charge in [0.25, 0.3) is 11.8 Å². The molecule has 0 aromatic heterocycles. The number of nitrogens with one attached hydrogen (secondary N) is 1. The van der Waals surface area contributed by atoms with Gasteiger partial charge in [-0.2, -0.15) is 0 Å². The number of likely N-dealkylation sites (tertiary alicyclic amines) is 1. The summed E-state index contributed by atoms with van der Waals surface area (Å²) in [6.45, 7) is 2.75. The number of nitrogens with zero attached hydrogens (tertiary/aromatic N) is 2. The summed E-state index contributed by atoms with van der Waals surface area (Å²) in [6, 6.07) is 7.54. The number of piperidine rings is 1. The highest BCUT2D eigenvalue weighted by atomic mass is 16.2. The second-order valence-electron chi connectivity index (χ2n) is 7.20. The van der Waals surface area contributed by atoms with Gasteiger partial charge in [0.2, 0.25) is 0 Å². The quantitative estimate of drug-likeness (QED) is 0.899. The first-order chi connectivity index (χ1) is 11.5. The minimum Gasteiger partial charge on any atom is -0.345 e. The molecule has 0 unspecified atom stereocenters. The monoisotopic (exact) mass is 329 g/mol. The molecule has 3 rings (SSSR count). The average Bonchev–Trinajstić information content (AvgIpc) is 3.43. The van der Waals surface area contributed by atoms with Crippen LogP contribution in [0.4, 0.5) is 0 Å². The number of hydrogen-bond donors (Lipinski definition) is 1. The van der Waals surface area contributed by atoms with Gasteiger partial charge in [-0.1, -0.05) is 0 Å². The standard InChI is InChI=1S/C19H27N3O2/c1-21(2)18(23)15-5-7-16(8-6-15)19(24)22-11-9-17(10-12-22)20-13-14-3-4-14/h5-8,14,17,20H,3-4,9-13H2,1-2H3. The van der Waals surface area contributed by atoms with Gasteiger partial charge in [-0.25, -0.2) is 0 Å². The lowest BCUT2D eigenvalue weighted by Gasteiger charge is -2.32. The van der Waals surface area contributed by atoms with Crippen LogP contribution in [0.2, 0.25) is 0 Å². The normalized spacial score (nSPS) is 18.5. The summed E-state index contributed by atoms with van der Waals surface area (Å²) in [7, 11) is 3.45. The van der Waals surface area contributed by atoms with Crippen molar-refractivity contribution in [2.45, 2.75) is 31.7 Å². The van der Waals surface area contributed by atoms with Crippen LogP contribution in [0.25, 0.3) is 0 Å². The van der Waals surface area contributed by atoms with Gasteiger partial charge in [0.05, 0.1) is 0 Å². The van der Waals surface area contributed by atoms with Gasteiger partial charge in [-0.3, -0.25) is 9.59 Å². The van der Waals surface area contributed by atoms with Crippen LogP contribution in [0.1, 0.15) is 46.4 Å². The molecule has 0 spiro atoms.